The zero-order valence-corrected chi connectivity index (χ0v) is 14.9. The molecule has 1 aromatic carbocycles. The van der Waals surface area contributed by atoms with E-state index in [1.165, 1.54) is 11.8 Å². The second-order valence-electron chi connectivity index (χ2n) is 4.90. The Bertz CT molecular complexity index is 633. The summed E-state index contributed by atoms with van der Waals surface area (Å²) in [6.07, 6.45) is 2.02. The summed E-state index contributed by atoms with van der Waals surface area (Å²) in [5.74, 6) is 0.687. The highest BCUT2D eigenvalue weighted by Crippen LogP contribution is 2.28. The van der Waals surface area contributed by atoms with Gasteiger partial charge in [0.2, 0.25) is 11.8 Å². The van der Waals surface area contributed by atoms with E-state index in [1.54, 1.807) is 0 Å². The molecular formula is C15H18BrN3O2S. The average Bonchev–Trinajstić information content (AvgIpc) is 2.94. The SMILES string of the molecule is CCC[C@H](C)NC(=O)CSc1nnc(-c2ccccc2Br)o1. The highest BCUT2D eigenvalue weighted by Gasteiger charge is 2.13. The fourth-order valence-electron chi connectivity index (χ4n) is 1.96. The third-order valence-electron chi connectivity index (χ3n) is 2.97. The number of aromatic nitrogens is 2. The van der Waals surface area contributed by atoms with Crippen molar-refractivity contribution >= 4 is 33.6 Å². The maximum absolute atomic E-state index is 11.8. The summed E-state index contributed by atoms with van der Waals surface area (Å²) < 4.78 is 6.47. The number of benzene rings is 1. The molecule has 0 saturated carbocycles. The molecule has 118 valence electrons. The molecule has 0 aliphatic rings. The smallest absolute Gasteiger partial charge is 0.277 e. The van der Waals surface area contributed by atoms with Gasteiger partial charge in [-0.1, -0.05) is 37.2 Å². The van der Waals surface area contributed by atoms with Gasteiger partial charge in [0, 0.05) is 10.5 Å². The van der Waals surface area contributed by atoms with Crippen molar-refractivity contribution in [2.45, 2.75) is 38.0 Å². The van der Waals surface area contributed by atoms with Crippen molar-refractivity contribution in [1.82, 2.24) is 15.5 Å². The van der Waals surface area contributed by atoms with Crippen molar-refractivity contribution < 1.29 is 9.21 Å². The normalized spacial score (nSPS) is 12.1. The first kappa shape index (κ1) is 17.0. The molecule has 0 aliphatic heterocycles. The van der Waals surface area contributed by atoms with Crippen LogP contribution in [0.25, 0.3) is 11.5 Å². The van der Waals surface area contributed by atoms with Crippen LogP contribution < -0.4 is 5.32 Å². The van der Waals surface area contributed by atoms with Crippen LogP contribution in [0.2, 0.25) is 0 Å². The quantitative estimate of drug-likeness (QED) is 0.734. The summed E-state index contributed by atoms with van der Waals surface area (Å²) in [5, 5.41) is 11.3. The number of hydrogen-bond donors (Lipinski definition) is 1. The minimum absolute atomic E-state index is 0.0217. The summed E-state index contributed by atoms with van der Waals surface area (Å²) in [6.45, 7) is 4.10. The lowest BCUT2D eigenvalue weighted by Crippen LogP contribution is -2.33. The zero-order valence-electron chi connectivity index (χ0n) is 12.5. The van der Waals surface area contributed by atoms with Gasteiger partial charge in [-0.2, -0.15) is 0 Å². The van der Waals surface area contributed by atoms with Gasteiger partial charge in [0.15, 0.2) is 0 Å². The van der Waals surface area contributed by atoms with Gasteiger partial charge in [-0.05, 0) is 41.4 Å². The molecule has 22 heavy (non-hydrogen) atoms. The van der Waals surface area contributed by atoms with Crippen molar-refractivity contribution in [2.75, 3.05) is 5.75 Å². The number of carbonyl (C=O) groups is 1. The van der Waals surface area contributed by atoms with Crippen LogP contribution >= 0.6 is 27.7 Å². The van der Waals surface area contributed by atoms with E-state index in [-0.39, 0.29) is 17.7 Å². The van der Waals surface area contributed by atoms with E-state index in [1.807, 2.05) is 31.2 Å². The second kappa shape index (κ2) is 8.33. The van der Waals surface area contributed by atoms with Crippen molar-refractivity contribution in [3.05, 3.63) is 28.7 Å². The van der Waals surface area contributed by atoms with Gasteiger partial charge in [0.05, 0.1) is 11.3 Å². The van der Waals surface area contributed by atoms with Gasteiger partial charge in [-0.15, -0.1) is 10.2 Å². The molecule has 1 atom stereocenters. The van der Waals surface area contributed by atoms with Crippen LogP contribution in [0, 0.1) is 0 Å². The maximum Gasteiger partial charge on any atom is 0.277 e. The molecule has 0 unspecified atom stereocenters. The Morgan fingerprint density at radius 1 is 1.41 bits per heavy atom. The first-order valence-corrected chi connectivity index (χ1v) is 8.88. The predicted octanol–water partition coefficient (Wildman–Crippen LogP) is 3.90. The van der Waals surface area contributed by atoms with Gasteiger partial charge < -0.3 is 9.73 Å². The molecule has 7 heteroatoms. The molecule has 1 aromatic heterocycles. The lowest BCUT2D eigenvalue weighted by Gasteiger charge is -2.11. The molecule has 0 spiro atoms. The number of hydrogen-bond acceptors (Lipinski definition) is 5. The number of carbonyl (C=O) groups excluding carboxylic acids is 1. The monoisotopic (exact) mass is 383 g/mol. The van der Waals surface area contributed by atoms with Gasteiger partial charge in [-0.25, -0.2) is 0 Å². The Morgan fingerprint density at radius 2 is 2.18 bits per heavy atom. The molecule has 2 aromatic rings. The number of amides is 1. The number of nitrogens with zero attached hydrogens (tertiary/aromatic N) is 2. The second-order valence-corrected chi connectivity index (χ2v) is 6.68. The van der Waals surface area contributed by atoms with Crippen LogP contribution in [0.4, 0.5) is 0 Å². The highest BCUT2D eigenvalue weighted by molar-refractivity contribution is 9.10. The standard InChI is InChI=1S/C15H18BrN3O2S/c1-3-6-10(2)17-13(20)9-22-15-19-18-14(21-15)11-7-4-5-8-12(11)16/h4-5,7-8,10H,3,6,9H2,1-2H3,(H,17,20)/t10-/m0/s1. The third kappa shape index (κ3) is 4.84. The highest BCUT2D eigenvalue weighted by atomic mass is 79.9. The largest absolute Gasteiger partial charge is 0.411 e. The molecule has 0 aliphatic carbocycles. The van der Waals surface area contributed by atoms with Crippen LogP contribution in [-0.2, 0) is 4.79 Å². The average molecular weight is 384 g/mol. The Morgan fingerprint density at radius 3 is 2.91 bits per heavy atom. The maximum atomic E-state index is 11.8. The van der Waals surface area contributed by atoms with E-state index in [0.717, 1.165) is 22.9 Å². The van der Waals surface area contributed by atoms with Crippen molar-refractivity contribution in [2.24, 2.45) is 0 Å². The first-order valence-electron chi connectivity index (χ1n) is 7.10. The number of halogens is 1. The van der Waals surface area contributed by atoms with Gasteiger partial charge in [0.1, 0.15) is 0 Å². The fourth-order valence-corrected chi connectivity index (χ4v) is 2.99. The molecule has 0 radical (unpaired) electrons. The van der Waals surface area contributed by atoms with Crippen LogP contribution in [0.1, 0.15) is 26.7 Å². The van der Waals surface area contributed by atoms with Gasteiger partial charge in [-0.3, -0.25) is 4.79 Å². The molecule has 5 nitrogen and oxygen atoms in total. The lowest BCUT2D eigenvalue weighted by molar-refractivity contribution is -0.119. The van der Waals surface area contributed by atoms with E-state index in [2.05, 4.69) is 38.4 Å². The molecule has 1 amide bonds. The molecule has 0 saturated heterocycles. The summed E-state index contributed by atoms with van der Waals surface area (Å²) in [6, 6.07) is 7.82. The van der Waals surface area contributed by atoms with Gasteiger partial charge in [0.25, 0.3) is 5.22 Å². The summed E-state index contributed by atoms with van der Waals surface area (Å²) in [5.41, 5.74) is 0.836. The fraction of sp³-hybridized carbons (Fsp3) is 0.400. The van der Waals surface area contributed by atoms with E-state index < -0.39 is 0 Å². The van der Waals surface area contributed by atoms with Crippen molar-refractivity contribution in [3.8, 4) is 11.5 Å². The zero-order chi connectivity index (χ0) is 15.9. The summed E-state index contributed by atoms with van der Waals surface area (Å²) >= 11 is 4.69. The first-order chi connectivity index (χ1) is 10.6. The van der Waals surface area contributed by atoms with Crippen LogP contribution in [0.3, 0.4) is 0 Å². The van der Waals surface area contributed by atoms with Crippen LogP contribution in [0.15, 0.2) is 38.4 Å². The third-order valence-corrected chi connectivity index (χ3v) is 4.48. The Balaban J connectivity index is 1.90. The van der Waals surface area contributed by atoms with E-state index in [4.69, 9.17) is 4.42 Å². The van der Waals surface area contributed by atoms with Crippen LogP contribution in [-0.4, -0.2) is 27.9 Å². The Labute approximate surface area is 142 Å². The lowest BCUT2D eigenvalue weighted by atomic mass is 10.2. The molecule has 1 N–H and O–H groups in total. The Kier molecular flexibility index (Phi) is 6.45. The molecule has 2 rings (SSSR count). The summed E-state index contributed by atoms with van der Waals surface area (Å²) in [4.78, 5) is 11.8. The van der Waals surface area contributed by atoms with Gasteiger partial charge >= 0.3 is 0 Å². The number of nitrogens with one attached hydrogen (secondary N) is 1. The van der Waals surface area contributed by atoms with E-state index >= 15 is 0 Å². The molecule has 1 heterocycles. The van der Waals surface area contributed by atoms with Crippen LogP contribution in [0.5, 0.6) is 0 Å². The topological polar surface area (TPSA) is 68.0 Å². The summed E-state index contributed by atoms with van der Waals surface area (Å²) in [7, 11) is 0. The van der Waals surface area contributed by atoms with E-state index in [0.29, 0.717) is 11.1 Å². The molecule has 0 bridgehead atoms. The van der Waals surface area contributed by atoms with E-state index in [9.17, 15) is 4.79 Å². The Hall–Kier alpha value is -1.34. The predicted molar refractivity (Wildman–Crippen MR) is 90.7 cm³/mol. The minimum atomic E-state index is -0.0217. The molecular weight excluding hydrogens is 366 g/mol. The number of rotatable bonds is 7. The molecule has 0 fully saturated rings. The van der Waals surface area contributed by atoms with Crippen molar-refractivity contribution in [1.29, 1.82) is 0 Å². The number of thioether (sulfide) groups is 1. The van der Waals surface area contributed by atoms with Crippen molar-refractivity contribution in [3.63, 3.8) is 0 Å². The minimum Gasteiger partial charge on any atom is -0.411 e.